The van der Waals surface area contributed by atoms with Crippen LogP contribution in [0.1, 0.15) is 12.6 Å². The van der Waals surface area contributed by atoms with Crippen LogP contribution in [0.15, 0.2) is 24.7 Å². The molecule has 34 heavy (non-hydrogen) atoms. The zero-order chi connectivity index (χ0) is 24.8. The Balaban J connectivity index is 1.59. The number of ether oxygens (including phenoxy) is 1. The number of carbonyl (C=O) groups excluding carboxylic acids is 2. The average Bonchev–Trinajstić information content (AvgIpc) is 3.30. The highest BCUT2D eigenvalue weighted by atomic mass is 19.4. The quantitative estimate of drug-likeness (QED) is 0.457. The maximum absolute atomic E-state index is 14.6. The molecule has 4 rings (SSSR count). The minimum Gasteiger partial charge on any atom is -0.438 e. The second kappa shape index (κ2) is 8.27. The summed E-state index contributed by atoms with van der Waals surface area (Å²) < 4.78 is 73.0. The Bertz CT molecular complexity index is 1150. The van der Waals surface area contributed by atoms with E-state index in [0.29, 0.717) is 6.92 Å². The Hall–Kier alpha value is -3.69. The third-order valence-corrected chi connectivity index (χ3v) is 5.19. The monoisotopic (exact) mass is 491 g/mol. The lowest BCUT2D eigenvalue weighted by molar-refractivity contribution is -0.151. The van der Waals surface area contributed by atoms with Crippen molar-refractivity contribution in [3.63, 3.8) is 0 Å². The van der Waals surface area contributed by atoms with Gasteiger partial charge in [0.2, 0.25) is 6.35 Å². The van der Waals surface area contributed by atoms with Crippen LogP contribution in [0.3, 0.4) is 0 Å². The topological polar surface area (TPSA) is 133 Å². The number of fused-ring (bicyclic) bond motifs is 1. The Labute approximate surface area is 187 Å². The van der Waals surface area contributed by atoms with E-state index in [1.165, 1.54) is 34.5 Å². The van der Waals surface area contributed by atoms with E-state index in [9.17, 15) is 36.6 Å². The van der Waals surface area contributed by atoms with Crippen LogP contribution in [0, 0.1) is 0 Å². The number of nitrogens with one attached hydrogen (secondary N) is 3. The number of alkyl halides is 5. The largest absolute Gasteiger partial charge is 0.438 e. The number of carbonyl (C=O) groups is 2. The van der Waals surface area contributed by atoms with Crippen molar-refractivity contribution in [3.05, 3.63) is 30.4 Å². The minimum atomic E-state index is -4.77. The maximum Gasteiger partial charge on any atom is 0.408 e. The molecule has 1 unspecified atom stereocenters. The van der Waals surface area contributed by atoms with Crippen LogP contribution in [0.2, 0.25) is 0 Å². The van der Waals surface area contributed by atoms with E-state index in [2.05, 4.69) is 25.5 Å². The highest BCUT2D eigenvalue weighted by molar-refractivity contribution is 6.19. The Kier molecular flexibility index (Phi) is 5.71. The molecule has 0 saturated carbocycles. The summed E-state index contributed by atoms with van der Waals surface area (Å²) in [6.45, 7) is -0.846. The first-order chi connectivity index (χ1) is 15.8. The molecule has 0 aromatic carbocycles. The van der Waals surface area contributed by atoms with E-state index >= 15 is 0 Å². The van der Waals surface area contributed by atoms with E-state index in [0.717, 1.165) is 4.90 Å². The summed E-state index contributed by atoms with van der Waals surface area (Å²) in [6.07, 6.45) is -5.79. The molecule has 0 aliphatic carbocycles. The molecule has 2 aliphatic heterocycles. The number of aliphatic hydroxyl groups is 1. The van der Waals surface area contributed by atoms with Crippen molar-refractivity contribution >= 4 is 28.9 Å². The van der Waals surface area contributed by atoms with Gasteiger partial charge in [-0.3, -0.25) is 4.79 Å². The van der Waals surface area contributed by atoms with Crippen LogP contribution in [0.4, 0.5) is 32.4 Å². The van der Waals surface area contributed by atoms with Crippen molar-refractivity contribution in [3.8, 4) is 0 Å². The van der Waals surface area contributed by atoms with Crippen molar-refractivity contribution in [2.75, 3.05) is 18.0 Å². The van der Waals surface area contributed by atoms with Gasteiger partial charge in [0.15, 0.2) is 11.8 Å². The molecule has 2 aliphatic rings. The number of aromatic nitrogens is 3. The van der Waals surface area contributed by atoms with E-state index in [4.69, 9.17) is 0 Å². The van der Waals surface area contributed by atoms with Crippen molar-refractivity contribution in [1.29, 1.82) is 0 Å². The summed E-state index contributed by atoms with van der Waals surface area (Å²) in [4.78, 5) is 29.2. The highest BCUT2D eigenvalue weighted by Gasteiger charge is 2.52. The number of aliphatic hydroxyl groups excluding tert-OH is 1. The first-order valence-electron chi connectivity index (χ1n) is 9.82. The fourth-order valence-corrected chi connectivity index (χ4v) is 3.41. The first-order valence-corrected chi connectivity index (χ1v) is 9.82. The van der Waals surface area contributed by atoms with Crippen molar-refractivity contribution in [2.24, 2.45) is 0 Å². The van der Waals surface area contributed by atoms with Crippen LogP contribution >= 0.6 is 0 Å². The Morgan fingerprint density at radius 2 is 2.15 bits per heavy atom. The van der Waals surface area contributed by atoms with Crippen molar-refractivity contribution in [1.82, 2.24) is 30.5 Å². The molecular weight excluding hydrogens is 473 g/mol. The zero-order valence-electron chi connectivity index (χ0n) is 17.3. The minimum absolute atomic E-state index is 0.00132. The molecule has 0 radical (unpaired) electrons. The maximum atomic E-state index is 14.6. The lowest BCUT2D eigenvalue weighted by Crippen LogP contribution is -2.47. The fraction of sp³-hybridized carbons (Fsp3) is 0.444. The van der Waals surface area contributed by atoms with E-state index < -0.39 is 55.7 Å². The lowest BCUT2D eigenvalue weighted by atomic mass is 10.1. The molecule has 16 heteroatoms. The fourth-order valence-electron chi connectivity index (χ4n) is 3.41. The van der Waals surface area contributed by atoms with E-state index in [1.54, 1.807) is 0 Å². The summed E-state index contributed by atoms with van der Waals surface area (Å²) >= 11 is 0. The van der Waals surface area contributed by atoms with Gasteiger partial charge in [-0.1, -0.05) is 0 Å². The van der Waals surface area contributed by atoms with Gasteiger partial charge in [-0.15, -0.1) is 0 Å². The molecule has 3 atom stereocenters. The van der Waals surface area contributed by atoms with E-state index in [-0.39, 0.29) is 22.6 Å². The van der Waals surface area contributed by atoms with Gasteiger partial charge in [-0.25, -0.2) is 23.1 Å². The van der Waals surface area contributed by atoms with Gasteiger partial charge in [0.25, 0.3) is 5.91 Å². The second-order valence-electron chi connectivity index (χ2n) is 7.65. The van der Waals surface area contributed by atoms with Gasteiger partial charge in [0.1, 0.15) is 11.7 Å². The normalized spacial score (nSPS) is 23.2. The molecule has 1 saturated heterocycles. The molecule has 4 N–H and O–H groups in total. The average molecular weight is 491 g/mol. The predicted molar refractivity (Wildman–Crippen MR) is 104 cm³/mol. The number of halogens is 5. The van der Waals surface area contributed by atoms with Crippen molar-refractivity contribution in [2.45, 2.75) is 37.5 Å². The third-order valence-electron chi connectivity index (χ3n) is 5.19. The number of imidazole rings is 1. The van der Waals surface area contributed by atoms with Gasteiger partial charge in [-0.2, -0.15) is 18.3 Å². The highest BCUT2D eigenvalue weighted by Crippen LogP contribution is 2.36. The molecule has 1 fully saturated rings. The summed E-state index contributed by atoms with van der Waals surface area (Å²) in [5, 5.41) is 19.8. The van der Waals surface area contributed by atoms with Gasteiger partial charge in [0.05, 0.1) is 24.4 Å². The molecule has 2 aromatic rings. The summed E-state index contributed by atoms with van der Waals surface area (Å²) in [7, 11) is 0. The van der Waals surface area contributed by atoms with Gasteiger partial charge in [0, 0.05) is 18.6 Å². The number of hydrogen-bond donors (Lipinski definition) is 4. The molecule has 11 nitrogen and oxygen atoms in total. The van der Waals surface area contributed by atoms with Crippen LogP contribution in [-0.2, 0) is 9.53 Å². The molecule has 184 valence electrons. The first kappa shape index (κ1) is 23.5. The third kappa shape index (κ3) is 4.52. The Morgan fingerprint density at radius 1 is 1.41 bits per heavy atom. The van der Waals surface area contributed by atoms with Gasteiger partial charge < -0.3 is 30.7 Å². The predicted octanol–water partition coefficient (Wildman–Crippen LogP) is 0.566. The number of rotatable bonds is 4. The molecule has 4 heterocycles. The van der Waals surface area contributed by atoms with Crippen LogP contribution in [-0.4, -0.2) is 75.4 Å². The van der Waals surface area contributed by atoms with Crippen molar-refractivity contribution < 1.29 is 41.4 Å². The number of amides is 2. The summed E-state index contributed by atoms with van der Waals surface area (Å²) in [6, 6.07) is -0.974. The lowest BCUT2D eigenvalue weighted by Gasteiger charge is -2.22. The van der Waals surface area contributed by atoms with Crippen LogP contribution in [0.5, 0.6) is 0 Å². The Morgan fingerprint density at radius 3 is 2.82 bits per heavy atom. The SMILES string of the molecule is C[C@@H](NC(=O)O[C@H]1CN(c2cc(C3=CNC(O)NC3=O)nn3ccnc23)CC1(F)F)C(F)(F)F. The van der Waals surface area contributed by atoms with E-state index in [1.807, 2.05) is 0 Å². The summed E-state index contributed by atoms with van der Waals surface area (Å²) in [5.74, 6) is -4.27. The summed E-state index contributed by atoms with van der Waals surface area (Å²) in [5.41, 5.74) is 0.327. The number of anilines is 1. The van der Waals surface area contributed by atoms with Gasteiger partial charge >= 0.3 is 18.2 Å². The molecule has 2 amide bonds. The molecule has 0 bridgehead atoms. The van der Waals surface area contributed by atoms with Crippen LogP contribution in [0.25, 0.3) is 11.2 Å². The smallest absolute Gasteiger partial charge is 0.408 e. The number of hydrogen-bond acceptors (Lipinski definition) is 8. The van der Waals surface area contributed by atoms with Gasteiger partial charge in [-0.05, 0) is 13.0 Å². The molecular formula is C18H18F5N7O4. The number of alkyl carbamates (subject to hydrolysis) is 1. The second-order valence-corrected chi connectivity index (χ2v) is 7.65. The zero-order valence-corrected chi connectivity index (χ0v) is 17.3. The molecule has 0 spiro atoms. The van der Waals surface area contributed by atoms with Crippen LogP contribution < -0.4 is 20.9 Å². The number of nitrogens with zero attached hydrogens (tertiary/aromatic N) is 4. The molecule has 2 aromatic heterocycles. The standard InChI is InChI=1S/C18H18F5N7O4/c1-8(18(21,22)23)26-16(33)34-12-6-29(7-17(12,19)20)11-4-10(28-30-3-2-24-13(11)30)9-5-25-15(32)27-14(9)31/h2-5,8,12,15,25,32H,6-7H2,1H3,(H,26,33)(H,27,31)/t8-,12+,15?/m1/s1.